The van der Waals surface area contributed by atoms with Crippen molar-refractivity contribution in [2.45, 2.75) is 18.9 Å². The van der Waals surface area contributed by atoms with E-state index in [-0.39, 0.29) is 0 Å². The molecule has 0 spiro atoms. The van der Waals surface area contributed by atoms with Gasteiger partial charge in [0.1, 0.15) is 0 Å². The number of nitrogens with zero attached hydrogens (tertiary/aromatic N) is 2. The minimum absolute atomic E-state index is 0.397. The summed E-state index contributed by atoms with van der Waals surface area (Å²) in [5.41, 5.74) is 4.92. The second-order valence-corrected chi connectivity index (χ2v) is 6.64. The standard InChI is InChI=1S/C20H24N4/c1-21-20(14-24-10-2-3-11-24)16-6-4-15(5-7-16)17-8-9-19-18(12-17)13-22-23-19/h4-9,12-13,20-21H,2-3,10-11,14H2,1H3,(H,22,23). The average molecular weight is 320 g/mol. The van der Waals surface area contributed by atoms with Crippen molar-refractivity contribution in [1.82, 2.24) is 20.4 Å². The fourth-order valence-corrected chi connectivity index (χ4v) is 3.62. The van der Waals surface area contributed by atoms with Gasteiger partial charge in [-0.15, -0.1) is 0 Å². The lowest BCUT2D eigenvalue weighted by atomic mass is 9.99. The molecule has 0 radical (unpaired) electrons. The normalized spacial score (nSPS) is 16.7. The maximum absolute atomic E-state index is 4.10. The quantitative estimate of drug-likeness (QED) is 0.755. The van der Waals surface area contributed by atoms with Crippen LogP contribution in [0.5, 0.6) is 0 Å². The third-order valence-electron chi connectivity index (χ3n) is 5.07. The first-order valence-electron chi connectivity index (χ1n) is 8.76. The van der Waals surface area contributed by atoms with E-state index in [1.54, 1.807) is 0 Å². The molecular formula is C20H24N4. The van der Waals surface area contributed by atoms with E-state index in [0.29, 0.717) is 6.04 Å². The smallest absolute Gasteiger partial charge is 0.0650 e. The molecular weight excluding hydrogens is 296 g/mol. The number of hydrogen-bond acceptors (Lipinski definition) is 3. The Morgan fingerprint density at radius 1 is 1.08 bits per heavy atom. The molecule has 0 bridgehead atoms. The Morgan fingerprint density at radius 2 is 1.83 bits per heavy atom. The lowest BCUT2D eigenvalue weighted by Gasteiger charge is -2.23. The molecule has 3 aromatic rings. The van der Waals surface area contributed by atoms with Crippen LogP contribution in [-0.2, 0) is 0 Å². The van der Waals surface area contributed by atoms with Gasteiger partial charge < -0.3 is 10.2 Å². The molecule has 2 N–H and O–H groups in total. The third-order valence-corrected chi connectivity index (χ3v) is 5.07. The fourth-order valence-electron chi connectivity index (χ4n) is 3.62. The molecule has 0 saturated carbocycles. The molecule has 1 atom stereocenters. The highest BCUT2D eigenvalue weighted by Crippen LogP contribution is 2.25. The largest absolute Gasteiger partial charge is 0.312 e. The number of aromatic amines is 1. The van der Waals surface area contributed by atoms with Gasteiger partial charge in [0.2, 0.25) is 0 Å². The Balaban J connectivity index is 1.54. The Labute approximate surface area is 142 Å². The van der Waals surface area contributed by atoms with E-state index in [0.717, 1.165) is 17.4 Å². The van der Waals surface area contributed by atoms with Crippen molar-refractivity contribution in [2.24, 2.45) is 0 Å². The van der Waals surface area contributed by atoms with E-state index >= 15 is 0 Å². The Kier molecular flexibility index (Phi) is 4.32. The first kappa shape index (κ1) is 15.4. The van der Waals surface area contributed by atoms with Gasteiger partial charge in [0.25, 0.3) is 0 Å². The van der Waals surface area contributed by atoms with Crippen molar-refractivity contribution in [3.05, 3.63) is 54.2 Å². The van der Waals surface area contributed by atoms with Crippen molar-refractivity contribution in [3.8, 4) is 11.1 Å². The second-order valence-electron chi connectivity index (χ2n) is 6.64. The summed E-state index contributed by atoms with van der Waals surface area (Å²) in [5, 5.41) is 11.7. The number of likely N-dealkylation sites (tertiary alicyclic amines) is 1. The van der Waals surface area contributed by atoms with Gasteiger partial charge in [-0.25, -0.2) is 0 Å². The van der Waals surface area contributed by atoms with Gasteiger partial charge >= 0.3 is 0 Å². The second kappa shape index (κ2) is 6.75. The van der Waals surface area contributed by atoms with Crippen molar-refractivity contribution in [1.29, 1.82) is 0 Å². The van der Waals surface area contributed by atoms with Crippen molar-refractivity contribution in [2.75, 3.05) is 26.7 Å². The van der Waals surface area contributed by atoms with Crippen LogP contribution in [0.2, 0.25) is 0 Å². The average Bonchev–Trinajstić information content (AvgIpc) is 3.30. The molecule has 1 aromatic heterocycles. The number of H-pyrrole nitrogens is 1. The van der Waals surface area contributed by atoms with Crippen LogP contribution in [0.3, 0.4) is 0 Å². The Bertz CT molecular complexity index is 800. The zero-order valence-corrected chi connectivity index (χ0v) is 14.1. The molecule has 0 aliphatic carbocycles. The summed E-state index contributed by atoms with van der Waals surface area (Å²) in [6.45, 7) is 3.57. The molecule has 4 rings (SSSR count). The molecule has 1 aliphatic rings. The molecule has 124 valence electrons. The SMILES string of the molecule is CNC(CN1CCCC1)c1ccc(-c2ccc3[nH]ncc3c2)cc1. The van der Waals surface area contributed by atoms with E-state index < -0.39 is 0 Å². The molecule has 1 saturated heterocycles. The van der Waals surface area contributed by atoms with Gasteiger partial charge in [-0.1, -0.05) is 30.3 Å². The predicted octanol–water partition coefficient (Wildman–Crippen LogP) is 3.59. The molecule has 4 nitrogen and oxygen atoms in total. The van der Waals surface area contributed by atoms with Crippen molar-refractivity contribution in [3.63, 3.8) is 0 Å². The lowest BCUT2D eigenvalue weighted by Crippen LogP contribution is -2.31. The minimum atomic E-state index is 0.397. The summed E-state index contributed by atoms with van der Waals surface area (Å²) in [5.74, 6) is 0. The third kappa shape index (κ3) is 3.07. The minimum Gasteiger partial charge on any atom is -0.312 e. The number of nitrogens with one attached hydrogen (secondary N) is 2. The van der Waals surface area contributed by atoms with E-state index in [4.69, 9.17) is 0 Å². The van der Waals surface area contributed by atoms with Gasteiger partial charge in [-0.05, 0) is 61.8 Å². The highest BCUT2D eigenvalue weighted by Gasteiger charge is 2.17. The number of fused-ring (bicyclic) bond motifs is 1. The Hall–Kier alpha value is -2.17. The first-order chi connectivity index (χ1) is 11.8. The summed E-state index contributed by atoms with van der Waals surface area (Å²) in [4.78, 5) is 2.56. The molecule has 2 aromatic carbocycles. The van der Waals surface area contributed by atoms with Gasteiger partial charge in [-0.2, -0.15) is 5.10 Å². The van der Waals surface area contributed by atoms with Crippen molar-refractivity contribution < 1.29 is 0 Å². The van der Waals surface area contributed by atoms with Crippen LogP contribution in [0.1, 0.15) is 24.4 Å². The maximum Gasteiger partial charge on any atom is 0.0650 e. The molecule has 24 heavy (non-hydrogen) atoms. The summed E-state index contributed by atoms with van der Waals surface area (Å²) in [6, 6.07) is 15.8. The lowest BCUT2D eigenvalue weighted by molar-refractivity contribution is 0.299. The van der Waals surface area contributed by atoms with Crippen LogP contribution in [0.4, 0.5) is 0 Å². The molecule has 1 unspecified atom stereocenters. The van der Waals surface area contributed by atoms with E-state index in [9.17, 15) is 0 Å². The molecule has 4 heteroatoms. The maximum atomic E-state index is 4.10. The van der Waals surface area contributed by atoms with Gasteiger partial charge in [0, 0.05) is 18.0 Å². The van der Waals surface area contributed by atoms with Crippen LogP contribution in [0.25, 0.3) is 22.0 Å². The van der Waals surface area contributed by atoms with Crippen LogP contribution in [-0.4, -0.2) is 41.8 Å². The zero-order valence-electron chi connectivity index (χ0n) is 14.1. The highest BCUT2D eigenvalue weighted by molar-refractivity contribution is 5.83. The summed E-state index contributed by atoms with van der Waals surface area (Å²) >= 11 is 0. The highest BCUT2D eigenvalue weighted by atomic mass is 15.2. The number of benzene rings is 2. The van der Waals surface area contributed by atoms with E-state index in [1.807, 2.05) is 6.20 Å². The van der Waals surface area contributed by atoms with Gasteiger partial charge in [0.15, 0.2) is 0 Å². The number of rotatable bonds is 5. The number of aromatic nitrogens is 2. The van der Waals surface area contributed by atoms with Gasteiger partial charge in [0.05, 0.1) is 11.7 Å². The van der Waals surface area contributed by atoms with Crippen LogP contribution < -0.4 is 5.32 Å². The predicted molar refractivity (Wildman–Crippen MR) is 99.0 cm³/mol. The first-order valence-corrected chi connectivity index (χ1v) is 8.76. The van der Waals surface area contributed by atoms with Crippen LogP contribution >= 0.6 is 0 Å². The summed E-state index contributed by atoms with van der Waals surface area (Å²) < 4.78 is 0. The Morgan fingerprint density at radius 3 is 2.58 bits per heavy atom. The molecule has 1 aliphatic heterocycles. The summed E-state index contributed by atoms with van der Waals surface area (Å²) in [6.07, 6.45) is 4.55. The number of hydrogen-bond donors (Lipinski definition) is 2. The molecule has 1 fully saturated rings. The van der Waals surface area contributed by atoms with Crippen molar-refractivity contribution >= 4 is 10.9 Å². The van der Waals surface area contributed by atoms with E-state index in [1.165, 1.54) is 42.6 Å². The zero-order chi connectivity index (χ0) is 16.4. The summed E-state index contributed by atoms with van der Waals surface area (Å²) in [7, 11) is 2.06. The van der Waals surface area contributed by atoms with Gasteiger partial charge in [-0.3, -0.25) is 5.10 Å². The fraction of sp³-hybridized carbons (Fsp3) is 0.350. The van der Waals surface area contributed by atoms with Crippen LogP contribution in [0, 0.1) is 0 Å². The van der Waals surface area contributed by atoms with Crippen LogP contribution in [0.15, 0.2) is 48.7 Å². The monoisotopic (exact) mass is 320 g/mol. The molecule has 2 heterocycles. The number of likely N-dealkylation sites (N-methyl/N-ethyl adjacent to an activating group) is 1. The molecule has 0 amide bonds. The topological polar surface area (TPSA) is 44.0 Å². The van der Waals surface area contributed by atoms with E-state index in [2.05, 4.69) is 69.9 Å².